The van der Waals surface area contributed by atoms with Crippen molar-refractivity contribution in [1.29, 1.82) is 0 Å². The fourth-order valence-electron chi connectivity index (χ4n) is 2.48. The molecule has 1 aliphatic rings. The molecule has 1 aliphatic heterocycles. The minimum Gasteiger partial charge on any atom is -0.460 e. The van der Waals surface area contributed by atoms with E-state index in [0.717, 1.165) is 5.56 Å². The van der Waals surface area contributed by atoms with Gasteiger partial charge in [-0.3, -0.25) is 14.4 Å². The van der Waals surface area contributed by atoms with Gasteiger partial charge in [0.15, 0.2) is 0 Å². The van der Waals surface area contributed by atoms with Crippen LogP contribution in [0.2, 0.25) is 0 Å². The summed E-state index contributed by atoms with van der Waals surface area (Å²) in [4.78, 5) is 35.4. The van der Waals surface area contributed by atoms with Gasteiger partial charge in [-0.15, -0.1) is 0 Å². The molecule has 1 aromatic rings. The molecule has 111 valence electrons. The van der Waals surface area contributed by atoms with E-state index in [2.05, 4.69) is 0 Å². The van der Waals surface area contributed by atoms with Crippen molar-refractivity contribution in [2.24, 2.45) is 0 Å². The monoisotopic (exact) mass is 288 g/mol. The zero-order valence-corrected chi connectivity index (χ0v) is 12.0. The van der Waals surface area contributed by atoms with E-state index >= 15 is 0 Å². The highest BCUT2D eigenvalue weighted by Crippen LogP contribution is 2.20. The van der Waals surface area contributed by atoms with Crippen LogP contribution in [0, 0.1) is 0 Å². The molecule has 0 unspecified atom stereocenters. The van der Waals surface area contributed by atoms with E-state index in [-0.39, 0.29) is 24.8 Å². The highest BCUT2D eigenvalue weighted by atomic mass is 16.5. The maximum atomic E-state index is 11.8. The van der Waals surface area contributed by atoms with Crippen molar-refractivity contribution in [1.82, 2.24) is 4.90 Å². The maximum Gasteiger partial charge on any atom is 0.306 e. The molecular weight excluding hydrogens is 270 g/mol. The molecule has 1 fully saturated rings. The number of ether oxygens (including phenoxy) is 1. The number of carbonyl (C=O) groups is 2. The van der Waals surface area contributed by atoms with E-state index in [9.17, 15) is 14.4 Å². The van der Waals surface area contributed by atoms with Crippen molar-refractivity contribution in [3.05, 3.63) is 35.9 Å². The number of aryl methyl sites for hydroxylation is 1. The first-order chi connectivity index (χ1) is 10.1. The number of hydrogen-bond acceptors (Lipinski definition) is 4. The quantitative estimate of drug-likeness (QED) is 0.765. The predicted octanol–water partition coefficient (Wildman–Crippen LogP) is 1.26. The molecule has 0 aromatic heterocycles. The number of nitrogens with zero attached hydrogens (tertiary/aromatic N) is 1. The third-order valence-electron chi connectivity index (χ3n) is 3.56. The van der Waals surface area contributed by atoms with Crippen molar-refractivity contribution < 1.29 is 19.1 Å². The highest BCUT2D eigenvalue weighted by molar-refractivity contribution is 5.78. The molecule has 0 bridgehead atoms. The van der Waals surface area contributed by atoms with Gasteiger partial charge in [0.05, 0.1) is 6.54 Å². The molecule has 0 saturated carbocycles. The summed E-state index contributed by atoms with van der Waals surface area (Å²) in [5, 5.41) is 0. The Balaban J connectivity index is 1.81. The molecule has 1 saturated heterocycles. The fourth-order valence-corrected chi connectivity index (χ4v) is 2.48. The minimum atomic E-state index is -0.602. The first kappa shape index (κ1) is 15.2. The molecule has 1 aromatic carbocycles. The van der Waals surface area contributed by atoms with E-state index < -0.39 is 12.1 Å². The van der Waals surface area contributed by atoms with Crippen LogP contribution in [-0.4, -0.2) is 41.8 Å². The summed E-state index contributed by atoms with van der Waals surface area (Å²) in [7, 11) is 0. The van der Waals surface area contributed by atoms with Crippen LogP contribution in [0.4, 0.5) is 0 Å². The average molecular weight is 288 g/mol. The van der Waals surface area contributed by atoms with Gasteiger partial charge in [-0.25, -0.2) is 0 Å². The van der Waals surface area contributed by atoms with Crippen LogP contribution in [0.25, 0.3) is 0 Å². The molecule has 0 aliphatic carbocycles. The summed E-state index contributed by atoms with van der Waals surface area (Å²) >= 11 is 0. The number of hydrogen-bond donors (Lipinski definition) is 0. The average Bonchev–Trinajstić information content (AvgIpc) is 2.89. The van der Waals surface area contributed by atoms with Crippen LogP contribution in [-0.2, 0) is 25.5 Å². The SMILES string of the molecule is CC(=O)N1C[C@H](OC(=O)CCc2ccccc2)C[C@@H]1[C]=O. The van der Waals surface area contributed by atoms with E-state index in [1.807, 2.05) is 36.6 Å². The lowest BCUT2D eigenvalue weighted by atomic mass is 10.1. The number of carbonyl (C=O) groups excluding carboxylic acids is 3. The molecular formula is C16H18NO4. The molecule has 1 heterocycles. The van der Waals surface area contributed by atoms with Crippen LogP contribution < -0.4 is 0 Å². The van der Waals surface area contributed by atoms with E-state index in [4.69, 9.17) is 4.74 Å². The van der Waals surface area contributed by atoms with Crippen LogP contribution in [0.1, 0.15) is 25.3 Å². The number of benzene rings is 1. The Hall–Kier alpha value is -2.17. The summed E-state index contributed by atoms with van der Waals surface area (Å²) in [6, 6.07) is 9.08. The molecule has 2 rings (SSSR count). The van der Waals surface area contributed by atoms with Crippen molar-refractivity contribution in [3.8, 4) is 0 Å². The van der Waals surface area contributed by atoms with Gasteiger partial charge in [-0.05, 0) is 12.0 Å². The Bertz CT molecular complexity index is 514. The van der Waals surface area contributed by atoms with Gasteiger partial charge >= 0.3 is 5.97 Å². The lowest BCUT2D eigenvalue weighted by Gasteiger charge is -2.17. The lowest BCUT2D eigenvalue weighted by molar-refractivity contribution is -0.149. The summed E-state index contributed by atoms with van der Waals surface area (Å²) in [6.45, 7) is 1.66. The second-order valence-electron chi connectivity index (χ2n) is 5.14. The molecule has 0 N–H and O–H groups in total. The number of rotatable bonds is 5. The number of esters is 1. The van der Waals surface area contributed by atoms with Gasteiger partial charge < -0.3 is 9.64 Å². The number of likely N-dealkylation sites (tertiary alicyclic amines) is 1. The zero-order valence-electron chi connectivity index (χ0n) is 12.0. The molecule has 21 heavy (non-hydrogen) atoms. The van der Waals surface area contributed by atoms with Crippen LogP contribution in [0.3, 0.4) is 0 Å². The van der Waals surface area contributed by atoms with Crippen LogP contribution in [0.5, 0.6) is 0 Å². The maximum absolute atomic E-state index is 11.8. The fraction of sp³-hybridized carbons (Fsp3) is 0.438. The molecule has 1 amide bonds. The van der Waals surface area contributed by atoms with E-state index in [1.54, 1.807) is 0 Å². The van der Waals surface area contributed by atoms with Gasteiger partial charge in [0, 0.05) is 19.8 Å². The summed E-state index contributed by atoms with van der Waals surface area (Å²) < 4.78 is 5.33. The van der Waals surface area contributed by atoms with Gasteiger partial charge in [0.25, 0.3) is 0 Å². The highest BCUT2D eigenvalue weighted by Gasteiger charge is 2.36. The first-order valence-corrected chi connectivity index (χ1v) is 6.98. The molecule has 2 atom stereocenters. The van der Waals surface area contributed by atoms with Crippen molar-refractivity contribution in [3.63, 3.8) is 0 Å². The molecule has 0 spiro atoms. The van der Waals surface area contributed by atoms with Gasteiger partial charge in [0.2, 0.25) is 12.2 Å². The Morgan fingerprint density at radius 3 is 2.62 bits per heavy atom. The van der Waals surface area contributed by atoms with E-state index in [1.165, 1.54) is 11.8 Å². The van der Waals surface area contributed by atoms with Gasteiger partial charge in [-0.2, -0.15) is 0 Å². The Morgan fingerprint density at radius 2 is 2.05 bits per heavy atom. The van der Waals surface area contributed by atoms with Gasteiger partial charge in [-0.1, -0.05) is 30.3 Å². The first-order valence-electron chi connectivity index (χ1n) is 6.98. The minimum absolute atomic E-state index is 0.203. The van der Waals surface area contributed by atoms with Crippen molar-refractivity contribution >= 4 is 18.2 Å². The normalized spacial score (nSPS) is 21.1. The third kappa shape index (κ3) is 4.15. The van der Waals surface area contributed by atoms with Crippen LogP contribution >= 0.6 is 0 Å². The van der Waals surface area contributed by atoms with Crippen LogP contribution in [0.15, 0.2) is 30.3 Å². The summed E-state index contributed by atoms with van der Waals surface area (Å²) in [6.07, 6.45) is 2.65. The smallest absolute Gasteiger partial charge is 0.306 e. The molecule has 5 nitrogen and oxygen atoms in total. The topological polar surface area (TPSA) is 63.7 Å². The Labute approximate surface area is 123 Å². The lowest BCUT2D eigenvalue weighted by Crippen LogP contribution is -2.35. The number of amides is 1. The predicted molar refractivity (Wildman–Crippen MR) is 76.1 cm³/mol. The second-order valence-corrected chi connectivity index (χ2v) is 5.14. The Kier molecular flexibility index (Phi) is 5.09. The summed E-state index contributed by atoms with van der Waals surface area (Å²) in [5.41, 5.74) is 1.07. The largest absolute Gasteiger partial charge is 0.460 e. The van der Waals surface area contributed by atoms with Crippen molar-refractivity contribution in [2.75, 3.05) is 6.54 Å². The van der Waals surface area contributed by atoms with E-state index in [0.29, 0.717) is 12.8 Å². The molecule has 5 heteroatoms. The third-order valence-corrected chi connectivity index (χ3v) is 3.56. The standard InChI is InChI=1S/C16H18NO4/c1-12(19)17-10-15(9-14(17)11-18)21-16(20)8-7-13-5-3-2-4-6-13/h2-6,14-15H,7-10H2,1H3/t14-,15-/m1/s1. The van der Waals surface area contributed by atoms with Gasteiger partial charge in [0.1, 0.15) is 12.1 Å². The van der Waals surface area contributed by atoms with Crippen molar-refractivity contribution in [2.45, 2.75) is 38.3 Å². The Morgan fingerprint density at radius 1 is 1.33 bits per heavy atom. The zero-order chi connectivity index (χ0) is 15.2. The molecule has 1 radical (unpaired) electrons. The summed E-state index contributed by atoms with van der Waals surface area (Å²) in [5.74, 6) is -0.509. The second kappa shape index (κ2) is 7.02.